The lowest BCUT2D eigenvalue weighted by Crippen LogP contribution is -2.31. The van der Waals surface area contributed by atoms with E-state index in [0.717, 1.165) is 10.6 Å². The zero-order valence-corrected chi connectivity index (χ0v) is 19.9. The van der Waals surface area contributed by atoms with Crippen molar-refractivity contribution in [2.24, 2.45) is 0 Å². The minimum absolute atomic E-state index is 0.0763. The number of halogens is 1. The van der Waals surface area contributed by atoms with Crippen LogP contribution in [0.5, 0.6) is 0 Å². The Balaban J connectivity index is 1.75. The number of thiazole rings is 1. The lowest BCUT2D eigenvalue weighted by molar-refractivity contribution is -0.115. The van der Waals surface area contributed by atoms with E-state index in [1.165, 1.54) is 21.7 Å². The smallest absolute Gasteiger partial charge is 0.243 e. The number of hydrogen-bond donors (Lipinski definition) is 1. The number of nitrogens with one attached hydrogen (secondary N) is 1. The molecule has 1 aromatic heterocycles. The Kier molecular flexibility index (Phi) is 7.48. The normalized spacial score (nSPS) is 11.6. The van der Waals surface area contributed by atoms with Gasteiger partial charge >= 0.3 is 0 Å². The molecule has 0 aliphatic heterocycles. The fraction of sp³-hybridized carbons (Fsp3) is 0.273. The van der Waals surface area contributed by atoms with E-state index in [1.54, 1.807) is 39.0 Å². The first kappa shape index (κ1) is 23.4. The molecule has 0 aliphatic carbocycles. The second kappa shape index (κ2) is 9.91. The molecule has 0 atom stereocenters. The number of nitrogens with zero attached hydrogens (tertiary/aromatic N) is 2. The maximum absolute atomic E-state index is 12.9. The molecule has 164 valence electrons. The van der Waals surface area contributed by atoms with Gasteiger partial charge in [0.05, 0.1) is 22.0 Å². The van der Waals surface area contributed by atoms with Crippen molar-refractivity contribution in [1.29, 1.82) is 0 Å². The van der Waals surface area contributed by atoms with Crippen molar-refractivity contribution in [3.8, 4) is 10.6 Å². The maximum atomic E-state index is 12.9. The SMILES string of the molecule is CCN(CC)S(=O)(=O)c1cc(NC(=O)Cc2csc(-c3ccccc3Cl)n2)ccc1C. The van der Waals surface area contributed by atoms with Crippen molar-refractivity contribution < 1.29 is 13.2 Å². The number of anilines is 1. The van der Waals surface area contributed by atoms with Gasteiger partial charge < -0.3 is 5.32 Å². The van der Waals surface area contributed by atoms with Crippen molar-refractivity contribution in [1.82, 2.24) is 9.29 Å². The van der Waals surface area contributed by atoms with Gasteiger partial charge in [-0.05, 0) is 30.7 Å². The fourth-order valence-electron chi connectivity index (χ4n) is 3.17. The van der Waals surface area contributed by atoms with E-state index in [0.29, 0.717) is 35.1 Å². The molecule has 2 aromatic carbocycles. The Hall–Kier alpha value is -2.26. The summed E-state index contributed by atoms with van der Waals surface area (Å²) in [7, 11) is -3.62. The Morgan fingerprint density at radius 1 is 1.16 bits per heavy atom. The number of carbonyl (C=O) groups excluding carboxylic acids is 1. The summed E-state index contributed by atoms with van der Waals surface area (Å²) < 4.78 is 27.2. The van der Waals surface area contributed by atoms with E-state index < -0.39 is 10.0 Å². The highest BCUT2D eigenvalue weighted by atomic mass is 35.5. The fourth-order valence-corrected chi connectivity index (χ4v) is 6.02. The first-order valence-electron chi connectivity index (χ1n) is 9.86. The van der Waals surface area contributed by atoms with Gasteiger partial charge in [0.15, 0.2) is 0 Å². The van der Waals surface area contributed by atoms with Crippen molar-refractivity contribution in [3.63, 3.8) is 0 Å². The molecule has 31 heavy (non-hydrogen) atoms. The summed E-state index contributed by atoms with van der Waals surface area (Å²) >= 11 is 7.64. The maximum Gasteiger partial charge on any atom is 0.243 e. The first-order valence-corrected chi connectivity index (χ1v) is 12.6. The highest BCUT2D eigenvalue weighted by molar-refractivity contribution is 7.89. The van der Waals surface area contributed by atoms with Crippen LogP contribution in [0.3, 0.4) is 0 Å². The predicted octanol–water partition coefficient (Wildman–Crippen LogP) is 4.98. The van der Waals surface area contributed by atoms with Gasteiger partial charge in [-0.3, -0.25) is 4.79 Å². The topological polar surface area (TPSA) is 79.4 Å². The van der Waals surface area contributed by atoms with E-state index in [-0.39, 0.29) is 17.2 Å². The van der Waals surface area contributed by atoms with Crippen LogP contribution in [-0.4, -0.2) is 36.7 Å². The zero-order valence-electron chi connectivity index (χ0n) is 17.6. The van der Waals surface area contributed by atoms with Crippen molar-refractivity contribution >= 4 is 44.6 Å². The van der Waals surface area contributed by atoms with E-state index in [2.05, 4.69) is 10.3 Å². The number of benzene rings is 2. The quantitative estimate of drug-likeness (QED) is 0.496. The van der Waals surface area contributed by atoms with Gasteiger partial charge in [0.2, 0.25) is 15.9 Å². The standard InChI is InChI=1S/C22H24ClN3O3S2/c1-4-26(5-2)31(28,29)20-12-16(11-10-15(20)3)24-21(27)13-17-14-30-22(25-17)18-8-6-7-9-19(18)23/h6-12,14H,4-5,13H2,1-3H3,(H,24,27). The van der Waals surface area contributed by atoms with E-state index >= 15 is 0 Å². The summed E-state index contributed by atoms with van der Waals surface area (Å²) in [6.45, 7) is 6.10. The van der Waals surface area contributed by atoms with Gasteiger partial charge in [0, 0.05) is 29.7 Å². The molecule has 9 heteroatoms. The van der Waals surface area contributed by atoms with E-state index in [4.69, 9.17) is 11.6 Å². The molecule has 6 nitrogen and oxygen atoms in total. The Morgan fingerprint density at radius 2 is 1.87 bits per heavy atom. The van der Waals surface area contributed by atoms with Crippen LogP contribution < -0.4 is 5.32 Å². The van der Waals surface area contributed by atoms with Crippen molar-refractivity contribution in [2.75, 3.05) is 18.4 Å². The Bertz CT molecular complexity index is 1190. The van der Waals surface area contributed by atoms with Crippen LogP contribution >= 0.6 is 22.9 Å². The molecule has 1 N–H and O–H groups in total. The molecule has 3 aromatic rings. The first-order chi connectivity index (χ1) is 14.8. The van der Waals surface area contributed by atoms with Gasteiger partial charge in [-0.15, -0.1) is 11.3 Å². The van der Waals surface area contributed by atoms with E-state index in [9.17, 15) is 13.2 Å². The molecule has 1 heterocycles. The molecule has 0 bridgehead atoms. The Labute approximate surface area is 191 Å². The van der Waals surface area contributed by atoms with Crippen molar-refractivity contribution in [3.05, 3.63) is 64.1 Å². The second-order valence-corrected chi connectivity index (χ2v) is 10.1. The largest absolute Gasteiger partial charge is 0.326 e. The molecule has 0 spiro atoms. The second-order valence-electron chi connectivity index (χ2n) is 6.92. The number of amides is 1. The minimum atomic E-state index is -3.62. The third kappa shape index (κ3) is 5.33. The van der Waals surface area contributed by atoms with Gasteiger partial charge in [0.25, 0.3) is 0 Å². The lowest BCUT2D eigenvalue weighted by Gasteiger charge is -2.20. The third-order valence-corrected chi connectivity index (χ3v) is 8.24. The van der Waals surface area contributed by atoms with Crippen LogP contribution in [0, 0.1) is 6.92 Å². The van der Waals surface area contributed by atoms with Crippen LogP contribution in [0.2, 0.25) is 5.02 Å². The molecule has 0 saturated heterocycles. The highest BCUT2D eigenvalue weighted by Gasteiger charge is 2.24. The summed E-state index contributed by atoms with van der Waals surface area (Å²) in [6, 6.07) is 12.3. The molecule has 0 unspecified atom stereocenters. The van der Waals surface area contributed by atoms with Crippen LogP contribution in [0.25, 0.3) is 10.6 Å². The molecule has 0 fully saturated rings. The molecule has 0 radical (unpaired) electrons. The summed E-state index contributed by atoms with van der Waals surface area (Å²) in [5, 5.41) is 5.96. The highest BCUT2D eigenvalue weighted by Crippen LogP contribution is 2.30. The van der Waals surface area contributed by atoms with Gasteiger partial charge in [0.1, 0.15) is 5.01 Å². The summed E-state index contributed by atoms with van der Waals surface area (Å²) in [6.07, 6.45) is 0.0763. The molecular weight excluding hydrogens is 454 g/mol. The van der Waals surface area contributed by atoms with Crippen LogP contribution in [0.4, 0.5) is 5.69 Å². The van der Waals surface area contributed by atoms with E-state index in [1.807, 2.05) is 23.6 Å². The summed E-state index contributed by atoms with van der Waals surface area (Å²) in [5.74, 6) is -0.272. The van der Waals surface area contributed by atoms with Gasteiger partial charge in [-0.25, -0.2) is 13.4 Å². The number of carbonyl (C=O) groups is 1. The predicted molar refractivity (Wildman–Crippen MR) is 126 cm³/mol. The molecule has 1 amide bonds. The average Bonchev–Trinajstić information content (AvgIpc) is 3.18. The van der Waals surface area contributed by atoms with Crippen LogP contribution in [0.15, 0.2) is 52.7 Å². The number of rotatable bonds is 8. The molecule has 0 saturated carbocycles. The average molecular weight is 478 g/mol. The monoisotopic (exact) mass is 477 g/mol. The van der Waals surface area contributed by atoms with Crippen molar-refractivity contribution in [2.45, 2.75) is 32.1 Å². The van der Waals surface area contributed by atoms with Crippen LogP contribution in [0.1, 0.15) is 25.1 Å². The zero-order chi connectivity index (χ0) is 22.6. The molecule has 3 rings (SSSR count). The summed E-state index contributed by atoms with van der Waals surface area (Å²) in [5.41, 5.74) is 2.52. The van der Waals surface area contributed by atoms with Gasteiger partial charge in [-0.1, -0.05) is 49.7 Å². The van der Waals surface area contributed by atoms with Crippen LogP contribution in [-0.2, 0) is 21.2 Å². The molecule has 0 aliphatic rings. The minimum Gasteiger partial charge on any atom is -0.326 e. The van der Waals surface area contributed by atoms with Gasteiger partial charge in [-0.2, -0.15) is 4.31 Å². The number of sulfonamides is 1. The third-order valence-electron chi connectivity index (χ3n) is 4.79. The number of aryl methyl sites for hydroxylation is 1. The Morgan fingerprint density at radius 3 is 2.55 bits per heavy atom. The molecular formula is C22H24ClN3O3S2. The lowest BCUT2D eigenvalue weighted by atomic mass is 10.2. The number of aromatic nitrogens is 1. The number of hydrogen-bond acceptors (Lipinski definition) is 5. The summed E-state index contributed by atoms with van der Waals surface area (Å²) in [4.78, 5) is 17.3.